The fraction of sp³-hybridized carbons (Fsp3) is 0. The molecule has 2 heterocycles. The van der Waals surface area contributed by atoms with Crippen LogP contribution in [0.2, 0.25) is 0 Å². The average Bonchev–Trinajstić information content (AvgIpc) is 3.90. The van der Waals surface area contributed by atoms with Crippen molar-refractivity contribution in [2.75, 3.05) is 0 Å². The van der Waals surface area contributed by atoms with Crippen molar-refractivity contribution in [3.8, 4) is 67.0 Å². The predicted molar refractivity (Wildman–Crippen MR) is 287 cm³/mol. The van der Waals surface area contributed by atoms with E-state index in [0.29, 0.717) is 0 Å². The molecule has 2 nitrogen and oxygen atoms in total. The Labute approximate surface area is 382 Å². The second-order valence-electron chi connectivity index (χ2n) is 17.4. The van der Waals surface area contributed by atoms with Gasteiger partial charge in [-0.2, -0.15) is 0 Å². The Balaban J connectivity index is 1.06. The highest BCUT2D eigenvalue weighted by molar-refractivity contribution is 6.60. The van der Waals surface area contributed by atoms with Crippen LogP contribution in [0.5, 0.6) is 0 Å². The maximum Gasteiger partial charge on any atom is 0.141 e. The van der Waals surface area contributed by atoms with Gasteiger partial charge in [0.25, 0.3) is 0 Å². The molecule has 0 aliphatic rings. The van der Waals surface area contributed by atoms with Gasteiger partial charge in [-0.05, 0) is 110 Å². The average molecular weight is 824 g/mol. The largest absolute Gasteiger partial charge is 0.310 e. The molecular weight excluding hydrogens is 781 g/mol. The van der Waals surface area contributed by atoms with E-state index in [1.54, 1.807) is 0 Å². The molecule has 5 heteroatoms. The fourth-order valence-corrected chi connectivity index (χ4v) is 10.5. The zero-order valence-electron chi connectivity index (χ0n) is 36.8. The summed E-state index contributed by atoms with van der Waals surface area (Å²) in [5.41, 5.74) is 23.3. The van der Waals surface area contributed by atoms with Crippen LogP contribution in [0.1, 0.15) is 0 Å². The Morgan fingerprint density at radius 2 is 0.769 bits per heavy atom. The lowest BCUT2D eigenvalue weighted by molar-refractivity contribution is 1.18. The van der Waals surface area contributed by atoms with Crippen LogP contribution in [0.3, 0.4) is 0 Å². The highest BCUT2D eigenvalue weighted by Crippen LogP contribution is 2.39. The second kappa shape index (κ2) is 15.7. The minimum atomic E-state index is 1.15. The molecule has 0 saturated heterocycles. The zero-order chi connectivity index (χ0) is 43.6. The molecule has 10 aromatic carbocycles. The molecule has 0 amide bonds. The van der Waals surface area contributed by atoms with Gasteiger partial charge in [-0.1, -0.05) is 186 Å². The van der Waals surface area contributed by atoms with Crippen molar-refractivity contribution in [2.24, 2.45) is 0 Å². The molecule has 0 unspecified atom stereocenters. The SMILES string of the molecule is Bc1c(-c2ccc3c(c2)c2ccccc2n3-c2ccc(-c3ccccc3)cc2)c(B)c2c3ccc(-c4cccc(-c5ccccc5)c4)cc3n(-c3cccc(-c4ccccc4)c3)c2c1B. The van der Waals surface area contributed by atoms with Gasteiger partial charge in [-0.3, -0.25) is 0 Å². The van der Waals surface area contributed by atoms with Crippen molar-refractivity contribution in [2.45, 2.75) is 0 Å². The number of para-hydroxylation sites is 1. The summed E-state index contributed by atoms with van der Waals surface area (Å²) in [5.74, 6) is 0. The normalized spacial score (nSPS) is 11.6. The van der Waals surface area contributed by atoms with Gasteiger partial charge in [0.05, 0.1) is 16.6 Å². The van der Waals surface area contributed by atoms with E-state index in [9.17, 15) is 0 Å². The summed E-state index contributed by atoms with van der Waals surface area (Å²) in [5, 5.41) is 5.06. The molecule has 65 heavy (non-hydrogen) atoms. The molecule has 2 aromatic heterocycles. The first-order valence-electron chi connectivity index (χ1n) is 22.6. The van der Waals surface area contributed by atoms with Crippen LogP contribution in [-0.2, 0) is 0 Å². The third-order valence-corrected chi connectivity index (χ3v) is 13.7. The van der Waals surface area contributed by atoms with Crippen LogP contribution in [0.4, 0.5) is 0 Å². The van der Waals surface area contributed by atoms with Crippen molar-refractivity contribution in [3.63, 3.8) is 0 Å². The first-order valence-corrected chi connectivity index (χ1v) is 22.6. The number of rotatable bonds is 7. The van der Waals surface area contributed by atoms with Crippen LogP contribution in [0, 0.1) is 0 Å². The van der Waals surface area contributed by atoms with E-state index in [2.05, 4.69) is 257 Å². The molecule has 0 atom stereocenters. The lowest BCUT2D eigenvalue weighted by atomic mass is 9.69. The van der Waals surface area contributed by atoms with Gasteiger partial charge >= 0.3 is 0 Å². The number of aromatic nitrogens is 2. The third kappa shape index (κ3) is 6.46. The molecule has 0 aliphatic heterocycles. The van der Waals surface area contributed by atoms with E-state index >= 15 is 0 Å². The third-order valence-electron chi connectivity index (χ3n) is 13.7. The predicted octanol–water partition coefficient (Wildman–Crippen LogP) is 11.0. The molecule has 0 saturated carbocycles. The molecule has 0 spiro atoms. The van der Waals surface area contributed by atoms with E-state index in [0.717, 1.165) is 11.4 Å². The van der Waals surface area contributed by atoms with Crippen LogP contribution < -0.4 is 16.4 Å². The van der Waals surface area contributed by atoms with E-state index in [-0.39, 0.29) is 0 Å². The molecular formula is C60H43B3N2. The van der Waals surface area contributed by atoms with Crippen LogP contribution >= 0.6 is 0 Å². The summed E-state index contributed by atoms with van der Waals surface area (Å²) in [6.45, 7) is 0. The van der Waals surface area contributed by atoms with Crippen LogP contribution in [-0.4, -0.2) is 32.7 Å². The Bertz CT molecular complexity index is 3780. The molecule has 12 rings (SSSR count). The number of benzene rings is 10. The van der Waals surface area contributed by atoms with Gasteiger partial charge in [0.2, 0.25) is 0 Å². The van der Waals surface area contributed by atoms with Crippen molar-refractivity contribution >= 4 is 83.5 Å². The smallest absolute Gasteiger partial charge is 0.141 e. The highest BCUT2D eigenvalue weighted by Gasteiger charge is 2.23. The molecule has 302 valence electrons. The minimum Gasteiger partial charge on any atom is -0.310 e. The van der Waals surface area contributed by atoms with E-state index in [1.807, 2.05) is 0 Å². The Morgan fingerprint density at radius 3 is 1.46 bits per heavy atom. The molecule has 12 aromatic rings. The van der Waals surface area contributed by atoms with Crippen LogP contribution in [0.15, 0.2) is 224 Å². The fourth-order valence-electron chi connectivity index (χ4n) is 10.5. The first kappa shape index (κ1) is 38.7. The lowest BCUT2D eigenvalue weighted by Crippen LogP contribution is -2.35. The number of hydrogen-bond acceptors (Lipinski definition) is 0. The summed E-state index contributed by atoms with van der Waals surface area (Å²) >= 11 is 0. The maximum atomic E-state index is 2.53. The Morgan fingerprint density at radius 1 is 0.262 bits per heavy atom. The van der Waals surface area contributed by atoms with Crippen molar-refractivity contribution in [1.82, 2.24) is 9.13 Å². The standard InChI is InChI=1S/C60H43B3N2/c61-57-55(46-29-33-53-51(36-46)49-24-10-11-25-52(49)64(53)47-30-26-41(27-31-47)38-14-4-1-5-15-38)58(62)59(63)60-56(57)50-32-28-45(43-21-12-20-42(34-43)39-16-6-2-7-17-39)37-54(50)65(60)48-23-13-22-44(35-48)40-18-8-3-9-19-40/h1-37H,61-63H2. The number of nitrogens with zero attached hydrogens (tertiary/aromatic N) is 2. The summed E-state index contributed by atoms with van der Waals surface area (Å²) in [6.07, 6.45) is 0. The topological polar surface area (TPSA) is 9.86 Å². The Hall–Kier alpha value is -8.01. The van der Waals surface area contributed by atoms with Gasteiger partial charge in [-0.15, -0.1) is 0 Å². The van der Waals surface area contributed by atoms with Crippen molar-refractivity contribution in [1.29, 1.82) is 0 Å². The van der Waals surface area contributed by atoms with Crippen molar-refractivity contribution in [3.05, 3.63) is 224 Å². The number of fused-ring (bicyclic) bond motifs is 6. The van der Waals surface area contributed by atoms with E-state index in [1.165, 1.54) is 116 Å². The molecule has 0 fully saturated rings. The number of hydrogen-bond donors (Lipinski definition) is 0. The highest BCUT2D eigenvalue weighted by atomic mass is 15.0. The molecule has 0 aliphatic carbocycles. The molecule has 0 N–H and O–H groups in total. The van der Waals surface area contributed by atoms with Crippen molar-refractivity contribution < 1.29 is 0 Å². The summed E-state index contributed by atoms with van der Waals surface area (Å²) in [7, 11) is 6.99. The zero-order valence-corrected chi connectivity index (χ0v) is 36.8. The van der Waals surface area contributed by atoms with Gasteiger partial charge in [-0.25, -0.2) is 0 Å². The first-order chi connectivity index (χ1) is 32.0. The second-order valence-corrected chi connectivity index (χ2v) is 17.4. The molecule has 0 radical (unpaired) electrons. The quantitative estimate of drug-likeness (QED) is 0.142. The van der Waals surface area contributed by atoms with Gasteiger partial charge < -0.3 is 9.13 Å². The maximum absolute atomic E-state index is 2.53. The summed E-state index contributed by atoms with van der Waals surface area (Å²) in [6, 6.07) is 82.0. The Kier molecular flexibility index (Phi) is 9.31. The molecule has 0 bridgehead atoms. The lowest BCUT2D eigenvalue weighted by Gasteiger charge is -2.19. The van der Waals surface area contributed by atoms with Gasteiger partial charge in [0.15, 0.2) is 0 Å². The summed E-state index contributed by atoms with van der Waals surface area (Å²) in [4.78, 5) is 0. The monoisotopic (exact) mass is 824 g/mol. The minimum absolute atomic E-state index is 1.15. The van der Waals surface area contributed by atoms with Gasteiger partial charge in [0, 0.05) is 38.4 Å². The van der Waals surface area contributed by atoms with Gasteiger partial charge in [0.1, 0.15) is 23.5 Å². The summed E-state index contributed by atoms with van der Waals surface area (Å²) < 4.78 is 4.95. The van der Waals surface area contributed by atoms with E-state index in [4.69, 9.17) is 0 Å². The van der Waals surface area contributed by atoms with Crippen LogP contribution in [0.25, 0.3) is 111 Å². The van der Waals surface area contributed by atoms with E-state index < -0.39 is 0 Å².